The van der Waals surface area contributed by atoms with E-state index in [2.05, 4.69) is 25.1 Å². The van der Waals surface area contributed by atoms with Crippen LogP contribution in [0.2, 0.25) is 5.02 Å². The Bertz CT molecular complexity index is 1490. The van der Waals surface area contributed by atoms with Crippen LogP contribution in [0.4, 0.5) is 5.69 Å². The Morgan fingerprint density at radius 2 is 1.97 bits per heavy atom. The van der Waals surface area contributed by atoms with Crippen molar-refractivity contribution in [3.05, 3.63) is 59.1 Å². The van der Waals surface area contributed by atoms with Gasteiger partial charge in [-0.3, -0.25) is 9.20 Å². The minimum atomic E-state index is -3.63. The predicted molar refractivity (Wildman–Crippen MR) is 124 cm³/mol. The van der Waals surface area contributed by atoms with Gasteiger partial charge in [-0.25, -0.2) is 13.4 Å². The van der Waals surface area contributed by atoms with Gasteiger partial charge in [0.1, 0.15) is 5.82 Å². The van der Waals surface area contributed by atoms with Gasteiger partial charge in [-0.15, -0.1) is 10.2 Å². The number of fused-ring (bicyclic) bond motifs is 2. The average molecular weight is 485 g/mol. The number of halogens is 1. The topological polar surface area (TPSA) is 111 Å². The van der Waals surface area contributed by atoms with Crippen molar-refractivity contribution in [2.45, 2.75) is 37.4 Å². The highest BCUT2D eigenvalue weighted by Crippen LogP contribution is 2.31. The van der Waals surface area contributed by atoms with Crippen LogP contribution < -0.4 is 5.32 Å². The van der Waals surface area contributed by atoms with Crippen molar-refractivity contribution in [1.82, 2.24) is 24.1 Å². The van der Waals surface area contributed by atoms with E-state index in [1.165, 1.54) is 4.40 Å². The lowest BCUT2D eigenvalue weighted by molar-refractivity contribution is 0.102. The maximum atomic E-state index is 13.1. The fourth-order valence-corrected chi connectivity index (χ4v) is 5.06. The first kappa shape index (κ1) is 21.6. The molecule has 0 atom stereocenters. The van der Waals surface area contributed by atoms with Gasteiger partial charge in [-0.2, -0.15) is 0 Å². The van der Waals surface area contributed by atoms with Crippen LogP contribution in [0.15, 0.2) is 47.8 Å². The smallest absolute Gasteiger partial charge is 0.276 e. The molecule has 0 aliphatic carbocycles. The van der Waals surface area contributed by atoms with Crippen molar-refractivity contribution >= 4 is 38.5 Å². The van der Waals surface area contributed by atoms with Gasteiger partial charge < -0.3 is 9.88 Å². The van der Waals surface area contributed by atoms with E-state index in [9.17, 15) is 13.2 Å². The fourth-order valence-electron chi connectivity index (χ4n) is 4.09. The van der Waals surface area contributed by atoms with Crippen molar-refractivity contribution in [1.29, 1.82) is 0 Å². The summed E-state index contributed by atoms with van der Waals surface area (Å²) in [6, 6.07) is 10.2. The van der Waals surface area contributed by atoms with E-state index in [0.29, 0.717) is 27.6 Å². The molecular formula is C22H21ClN6O3S. The average Bonchev–Trinajstić information content (AvgIpc) is 3.29. The number of hydrogen-bond acceptors (Lipinski definition) is 6. The molecule has 3 aromatic heterocycles. The van der Waals surface area contributed by atoms with E-state index < -0.39 is 15.7 Å². The molecule has 0 saturated heterocycles. The number of pyridine rings is 1. The molecule has 4 heterocycles. The van der Waals surface area contributed by atoms with Crippen LogP contribution in [-0.4, -0.2) is 44.7 Å². The van der Waals surface area contributed by atoms with Crippen molar-refractivity contribution in [2.75, 3.05) is 11.6 Å². The molecule has 1 aliphatic heterocycles. The number of nitrogens with zero attached hydrogens (tertiary/aromatic N) is 5. The first-order valence-electron chi connectivity index (χ1n) is 10.5. The number of amides is 1. The number of aromatic nitrogens is 5. The van der Waals surface area contributed by atoms with Crippen LogP contribution in [0.3, 0.4) is 0 Å². The molecule has 1 aliphatic rings. The van der Waals surface area contributed by atoms with Gasteiger partial charge >= 0.3 is 0 Å². The normalized spacial score (nSPS) is 14.1. The molecular weight excluding hydrogens is 464 g/mol. The summed E-state index contributed by atoms with van der Waals surface area (Å²) in [7, 11) is -3.63. The molecule has 0 bridgehead atoms. The zero-order valence-electron chi connectivity index (χ0n) is 17.8. The Hall–Kier alpha value is -3.24. The maximum Gasteiger partial charge on any atom is 0.276 e. The second kappa shape index (κ2) is 8.27. The Morgan fingerprint density at radius 3 is 2.79 bits per heavy atom. The molecule has 9 nitrogen and oxygen atoms in total. The number of imidazole rings is 1. The number of sulfone groups is 1. The highest BCUT2D eigenvalue weighted by Gasteiger charge is 2.23. The van der Waals surface area contributed by atoms with Gasteiger partial charge in [0.15, 0.2) is 11.5 Å². The van der Waals surface area contributed by atoms with Crippen LogP contribution in [0.25, 0.3) is 16.9 Å². The van der Waals surface area contributed by atoms with Crippen molar-refractivity contribution in [3.63, 3.8) is 0 Å². The van der Waals surface area contributed by atoms with E-state index >= 15 is 0 Å². The zero-order valence-corrected chi connectivity index (χ0v) is 19.4. The SMILES string of the molecule is CS(=O)(=O)c1nc(C(=O)Nc2ccc(Cl)c(-c3nnc4n3CCCCC4)c2)c2ccccn12. The summed E-state index contributed by atoms with van der Waals surface area (Å²) in [6.45, 7) is 0.819. The molecule has 170 valence electrons. The molecule has 11 heteroatoms. The molecule has 4 aromatic rings. The Labute approximate surface area is 195 Å². The molecule has 0 spiro atoms. The van der Waals surface area contributed by atoms with Crippen LogP contribution >= 0.6 is 11.6 Å². The van der Waals surface area contributed by atoms with E-state index in [1.807, 2.05) is 0 Å². The minimum Gasteiger partial charge on any atom is -0.321 e. The van der Waals surface area contributed by atoms with E-state index in [1.54, 1.807) is 42.6 Å². The highest BCUT2D eigenvalue weighted by molar-refractivity contribution is 7.90. The highest BCUT2D eigenvalue weighted by atomic mass is 35.5. The van der Waals surface area contributed by atoms with Crippen LogP contribution in [0.1, 0.15) is 35.6 Å². The molecule has 1 amide bonds. The van der Waals surface area contributed by atoms with Gasteiger partial charge in [-0.05, 0) is 43.2 Å². The van der Waals surface area contributed by atoms with Gasteiger partial charge in [0, 0.05) is 36.7 Å². The largest absolute Gasteiger partial charge is 0.321 e. The summed E-state index contributed by atoms with van der Waals surface area (Å²) in [5.41, 5.74) is 1.57. The second-order valence-corrected chi connectivity index (χ2v) is 10.3. The number of anilines is 1. The van der Waals surface area contributed by atoms with Gasteiger partial charge in [-0.1, -0.05) is 24.1 Å². The third-order valence-electron chi connectivity index (χ3n) is 5.64. The molecule has 0 unspecified atom stereocenters. The van der Waals surface area contributed by atoms with Crippen LogP contribution in [-0.2, 0) is 22.8 Å². The number of benzene rings is 1. The standard InChI is InChI=1S/C22H21ClN6O3S/c1-33(31,32)22-25-19(17-7-4-6-11-28(17)22)21(30)24-14-9-10-16(23)15(13-14)20-27-26-18-8-3-2-5-12-29(18)20/h4,6-7,9-11,13H,2-3,5,8,12H2,1H3,(H,24,30). The number of hydrogen-bond donors (Lipinski definition) is 1. The van der Waals surface area contributed by atoms with Crippen molar-refractivity contribution < 1.29 is 13.2 Å². The fraction of sp³-hybridized carbons (Fsp3) is 0.273. The second-order valence-electron chi connectivity index (χ2n) is 8.02. The Kier molecular flexibility index (Phi) is 5.41. The summed E-state index contributed by atoms with van der Waals surface area (Å²) in [5, 5.41) is 11.8. The molecule has 33 heavy (non-hydrogen) atoms. The predicted octanol–water partition coefficient (Wildman–Crippen LogP) is 3.63. The van der Waals surface area contributed by atoms with Crippen molar-refractivity contribution in [3.8, 4) is 11.4 Å². The van der Waals surface area contributed by atoms with E-state index in [-0.39, 0.29) is 10.9 Å². The first-order valence-corrected chi connectivity index (χ1v) is 12.8. The summed E-state index contributed by atoms with van der Waals surface area (Å²) in [6.07, 6.45) is 6.76. The number of nitrogens with one attached hydrogen (secondary N) is 1. The number of rotatable bonds is 4. The lowest BCUT2D eigenvalue weighted by atomic mass is 10.1. The van der Waals surface area contributed by atoms with Crippen LogP contribution in [0, 0.1) is 0 Å². The number of carbonyl (C=O) groups is 1. The molecule has 1 aromatic carbocycles. The minimum absolute atomic E-state index is 0.0175. The maximum absolute atomic E-state index is 13.1. The number of carbonyl (C=O) groups excluding carboxylic acids is 1. The number of aryl methyl sites for hydroxylation is 1. The molecule has 1 N–H and O–H groups in total. The third-order valence-corrected chi connectivity index (χ3v) is 6.92. The summed E-state index contributed by atoms with van der Waals surface area (Å²) >= 11 is 6.48. The summed E-state index contributed by atoms with van der Waals surface area (Å²) in [4.78, 5) is 17.2. The zero-order chi connectivity index (χ0) is 23.2. The van der Waals surface area contributed by atoms with Gasteiger partial charge in [0.05, 0.1) is 10.5 Å². The lowest BCUT2D eigenvalue weighted by Gasteiger charge is -2.11. The molecule has 0 fully saturated rings. The third kappa shape index (κ3) is 4.00. The van der Waals surface area contributed by atoms with Gasteiger partial charge in [0.25, 0.3) is 5.91 Å². The Balaban J connectivity index is 1.51. The summed E-state index contributed by atoms with van der Waals surface area (Å²) < 4.78 is 27.8. The van der Waals surface area contributed by atoms with Gasteiger partial charge in [0.2, 0.25) is 15.0 Å². The Morgan fingerprint density at radius 1 is 1.12 bits per heavy atom. The molecule has 5 rings (SSSR count). The van der Waals surface area contributed by atoms with E-state index in [0.717, 1.165) is 44.3 Å². The monoisotopic (exact) mass is 484 g/mol. The van der Waals surface area contributed by atoms with E-state index in [4.69, 9.17) is 11.6 Å². The molecule has 0 radical (unpaired) electrons. The quantitative estimate of drug-likeness (QED) is 0.473. The first-order chi connectivity index (χ1) is 15.8. The summed E-state index contributed by atoms with van der Waals surface area (Å²) in [5.74, 6) is 1.08. The van der Waals surface area contributed by atoms with Crippen molar-refractivity contribution in [2.24, 2.45) is 0 Å². The van der Waals surface area contributed by atoms with Crippen LogP contribution in [0.5, 0.6) is 0 Å². The molecule has 0 saturated carbocycles. The lowest BCUT2D eigenvalue weighted by Crippen LogP contribution is -2.13.